The van der Waals surface area contributed by atoms with Crippen molar-refractivity contribution in [1.82, 2.24) is 0 Å². The summed E-state index contributed by atoms with van der Waals surface area (Å²) < 4.78 is 36.0. The summed E-state index contributed by atoms with van der Waals surface area (Å²) in [6, 6.07) is 3.16. The van der Waals surface area contributed by atoms with Gasteiger partial charge in [0.05, 0.1) is 17.2 Å². The molecule has 1 aromatic carbocycles. The molecule has 0 spiro atoms. The zero-order valence-corrected chi connectivity index (χ0v) is 10.3. The average molecular weight is 276 g/mol. The van der Waals surface area contributed by atoms with Crippen LogP contribution in [0.4, 0.5) is 11.4 Å². The number of hydrogen-bond acceptors (Lipinski definition) is 6. The van der Waals surface area contributed by atoms with Crippen LogP contribution in [0.1, 0.15) is 0 Å². The minimum absolute atomic E-state index is 0.0835. The van der Waals surface area contributed by atoms with Gasteiger partial charge in [-0.2, -0.15) is 8.42 Å². The number of rotatable bonds is 6. The number of benzene rings is 1. The van der Waals surface area contributed by atoms with Gasteiger partial charge in [-0.25, -0.2) is 0 Å². The molecule has 0 fully saturated rings. The highest BCUT2D eigenvalue weighted by Crippen LogP contribution is 2.26. The van der Waals surface area contributed by atoms with Crippen molar-refractivity contribution in [1.29, 1.82) is 0 Å². The fourth-order valence-electron chi connectivity index (χ4n) is 1.27. The molecule has 8 nitrogen and oxygen atoms in total. The third-order valence-corrected chi connectivity index (χ3v) is 2.97. The minimum atomic E-state index is -4.53. The molecular formula is C9H12N2O6S. The number of anilines is 1. The van der Waals surface area contributed by atoms with E-state index in [2.05, 4.69) is 5.32 Å². The first-order valence-electron chi connectivity index (χ1n) is 4.85. The van der Waals surface area contributed by atoms with E-state index in [9.17, 15) is 18.5 Å². The lowest BCUT2D eigenvalue weighted by molar-refractivity contribution is -0.385. The lowest BCUT2D eigenvalue weighted by Crippen LogP contribution is -2.11. The van der Waals surface area contributed by atoms with Gasteiger partial charge in [0.25, 0.3) is 15.8 Å². The largest absolute Gasteiger partial charge is 0.383 e. The quantitative estimate of drug-likeness (QED) is 0.343. The van der Waals surface area contributed by atoms with Crippen molar-refractivity contribution in [2.24, 2.45) is 0 Å². The fraction of sp³-hybridized carbons (Fsp3) is 0.333. The van der Waals surface area contributed by atoms with E-state index in [-0.39, 0.29) is 5.69 Å². The smallest absolute Gasteiger partial charge is 0.296 e. The maximum absolute atomic E-state index is 11.1. The van der Waals surface area contributed by atoms with Gasteiger partial charge in [0, 0.05) is 25.8 Å². The maximum Gasteiger partial charge on any atom is 0.296 e. The first-order valence-corrected chi connectivity index (χ1v) is 6.29. The number of hydrogen-bond donors (Lipinski definition) is 2. The van der Waals surface area contributed by atoms with Crippen molar-refractivity contribution >= 4 is 21.5 Å². The Kier molecular flexibility index (Phi) is 4.59. The van der Waals surface area contributed by atoms with E-state index in [4.69, 9.17) is 9.29 Å². The number of nitrogens with zero attached hydrogens (tertiary/aromatic N) is 1. The van der Waals surface area contributed by atoms with Crippen molar-refractivity contribution in [2.45, 2.75) is 4.90 Å². The molecule has 0 radical (unpaired) electrons. The van der Waals surface area contributed by atoms with Gasteiger partial charge in [0.1, 0.15) is 4.90 Å². The van der Waals surface area contributed by atoms with Gasteiger partial charge in [0.15, 0.2) is 0 Å². The van der Waals surface area contributed by atoms with Crippen LogP contribution in [-0.2, 0) is 14.9 Å². The summed E-state index contributed by atoms with van der Waals surface area (Å²) in [6.07, 6.45) is 0. The maximum atomic E-state index is 11.1. The molecule has 100 valence electrons. The Balaban J connectivity index is 3.14. The lowest BCUT2D eigenvalue weighted by Gasteiger charge is -2.09. The first kappa shape index (κ1) is 14.4. The van der Waals surface area contributed by atoms with Gasteiger partial charge in [-0.05, 0) is 6.07 Å². The average Bonchev–Trinajstić information content (AvgIpc) is 2.28. The summed E-state index contributed by atoms with van der Waals surface area (Å²) in [4.78, 5) is 9.26. The molecule has 0 atom stereocenters. The number of nitro groups is 1. The molecule has 1 rings (SSSR count). The second kappa shape index (κ2) is 5.76. The molecule has 0 aliphatic carbocycles. The molecule has 1 aromatic rings. The van der Waals surface area contributed by atoms with Crippen LogP contribution < -0.4 is 5.32 Å². The van der Waals surface area contributed by atoms with Gasteiger partial charge in [-0.1, -0.05) is 0 Å². The Morgan fingerprint density at radius 3 is 2.67 bits per heavy atom. The van der Waals surface area contributed by atoms with Crippen LogP contribution in [0, 0.1) is 10.1 Å². The SMILES string of the molecule is COCCNc1ccc([N+](=O)[O-])cc1S(=O)(=O)O. The van der Waals surface area contributed by atoms with Crippen LogP contribution in [0.25, 0.3) is 0 Å². The second-order valence-corrected chi connectivity index (χ2v) is 4.72. The standard InChI is InChI=1S/C9H12N2O6S/c1-17-5-4-10-8-3-2-7(11(12)13)6-9(8)18(14,15)16/h2-3,6,10H,4-5H2,1H3,(H,14,15,16). The molecule has 0 amide bonds. The predicted octanol–water partition coefficient (Wildman–Crippen LogP) is 0.900. The summed E-state index contributed by atoms with van der Waals surface area (Å²) in [6.45, 7) is 0.624. The second-order valence-electron chi connectivity index (χ2n) is 3.33. The number of non-ortho nitro benzene ring substituents is 1. The number of nitrogens with one attached hydrogen (secondary N) is 1. The van der Waals surface area contributed by atoms with Crippen molar-refractivity contribution in [2.75, 3.05) is 25.6 Å². The third kappa shape index (κ3) is 3.65. The van der Waals surface area contributed by atoms with E-state index in [1.165, 1.54) is 13.2 Å². The van der Waals surface area contributed by atoms with E-state index >= 15 is 0 Å². The van der Waals surface area contributed by atoms with Crippen LogP contribution in [0.3, 0.4) is 0 Å². The molecular weight excluding hydrogens is 264 g/mol. The Labute approximate surface area is 103 Å². The molecule has 18 heavy (non-hydrogen) atoms. The molecule has 0 unspecified atom stereocenters. The van der Waals surface area contributed by atoms with Crippen molar-refractivity contribution < 1.29 is 22.6 Å². The van der Waals surface area contributed by atoms with Gasteiger partial charge in [-0.15, -0.1) is 0 Å². The van der Waals surface area contributed by atoms with Crippen molar-refractivity contribution in [3.8, 4) is 0 Å². The van der Waals surface area contributed by atoms with E-state index in [0.717, 1.165) is 12.1 Å². The van der Waals surface area contributed by atoms with Crippen molar-refractivity contribution in [3.63, 3.8) is 0 Å². The number of nitro benzene ring substituents is 1. The Morgan fingerprint density at radius 1 is 1.50 bits per heavy atom. The zero-order valence-electron chi connectivity index (χ0n) is 9.49. The van der Waals surface area contributed by atoms with Crippen LogP contribution in [-0.4, -0.2) is 38.2 Å². The summed E-state index contributed by atoms with van der Waals surface area (Å²) in [7, 11) is -3.06. The molecule has 0 bridgehead atoms. The zero-order chi connectivity index (χ0) is 13.8. The fourth-order valence-corrected chi connectivity index (χ4v) is 1.96. The molecule has 0 heterocycles. The first-order chi connectivity index (χ1) is 8.36. The van der Waals surface area contributed by atoms with Crippen LogP contribution in [0.2, 0.25) is 0 Å². The summed E-state index contributed by atoms with van der Waals surface area (Å²) in [5.74, 6) is 0. The minimum Gasteiger partial charge on any atom is -0.383 e. The molecule has 0 saturated carbocycles. The van der Waals surface area contributed by atoms with Crippen LogP contribution in [0.15, 0.2) is 23.1 Å². The molecule has 0 aliphatic heterocycles. The van der Waals surface area contributed by atoms with Gasteiger partial charge < -0.3 is 10.1 Å². The van der Waals surface area contributed by atoms with E-state index in [0.29, 0.717) is 13.2 Å². The monoisotopic (exact) mass is 276 g/mol. The molecule has 0 aromatic heterocycles. The highest BCUT2D eigenvalue weighted by molar-refractivity contribution is 7.86. The molecule has 2 N–H and O–H groups in total. The predicted molar refractivity (Wildman–Crippen MR) is 63.3 cm³/mol. The normalized spacial score (nSPS) is 11.2. The summed E-state index contributed by atoms with van der Waals surface area (Å²) >= 11 is 0. The Morgan fingerprint density at radius 2 is 2.17 bits per heavy atom. The number of methoxy groups -OCH3 is 1. The highest BCUT2D eigenvalue weighted by Gasteiger charge is 2.19. The Bertz CT molecular complexity index is 542. The van der Waals surface area contributed by atoms with Gasteiger partial charge in [0.2, 0.25) is 0 Å². The lowest BCUT2D eigenvalue weighted by atomic mass is 10.3. The van der Waals surface area contributed by atoms with Crippen molar-refractivity contribution in [3.05, 3.63) is 28.3 Å². The summed E-state index contributed by atoms with van der Waals surface area (Å²) in [5.41, 5.74) is -0.333. The molecule has 9 heteroatoms. The third-order valence-electron chi connectivity index (χ3n) is 2.08. The highest BCUT2D eigenvalue weighted by atomic mass is 32.2. The number of ether oxygens (including phenoxy) is 1. The topological polar surface area (TPSA) is 119 Å². The van der Waals surface area contributed by atoms with Gasteiger partial charge in [-0.3, -0.25) is 14.7 Å². The van der Waals surface area contributed by atoms with Gasteiger partial charge >= 0.3 is 0 Å². The molecule has 0 aliphatic rings. The Hall–Kier alpha value is -1.71. The van der Waals surface area contributed by atoms with E-state index in [1.807, 2.05) is 0 Å². The summed E-state index contributed by atoms with van der Waals surface area (Å²) in [5, 5.41) is 13.2. The molecule has 0 saturated heterocycles. The van der Waals surface area contributed by atoms with Crippen LogP contribution >= 0.6 is 0 Å². The van der Waals surface area contributed by atoms with E-state index in [1.54, 1.807) is 0 Å². The van der Waals surface area contributed by atoms with Crippen LogP contribution in [0.5, 0.6) is 0 Å². The van der Waals surface area contributed by atoms with E-state index < -0.39 is 25.6 Å².